The minimum absolute atomic E-state index is 0.705. The van der Waals surface area contributed by atoms with Crippen molar-refractivity contribution in [2.75, 3.05) is 18.0 Å². The van der Waals surface area contributed by atoms with Crippen molar-refractivity contribution in [3.05, 3.63) is 5.82 Å². The molecule has 12 heavy (non-hydrogen) atoms. The molecule has 1 aromatic heterocycles. The number of nitrogens with zero attached hydrogens (tertiary/aromatic N) is 3. The molecule has 0 bridgehead atoms. The van der Waals surface area contributed by atoms with Gasteiger partial charge in [-0.1, -0.05) is 0 Å². The molecule has 1 saturated heterocycles. The van der Waals surface area contributed by atoms with Gasteiger partial charge in [0, 0.05) is 30.5 Å². The van der Waals surface area contributed by atoms with Gasteiger partial charge in [-0.15, -0.1) is 0 Å². The Labute approximate surface area is 75.6 Å². The summed E-state index contributed by atoms with van der Waals surface area (Å²) in [6.45, 7) is 2.36. The molecule has 0 amide bonds. The number of aromatic nitrogens is 2. The van der Waals surface area contributed by atoms with Gasteiger partial charge in [0.2, 0.25) is 5.13 Å². The van der Waals surface area contributed by atoms with Crippen LogP contribution in [0.3, 0.4) is 0 Å². The average molecular weight is 181 g/mol. The third kappa shape index (κ3) is 1.02. The van der Waals surface area contributed by atoms with Crippen LogP contribution < -0.4 is 4.90 Å². The van der Waals surface area contributed by atoms with E-state index in [9.17, 15) is 0 Å². The van der Waals surface area contributed by atoms with Gasteiger partial charge in [-0.25, -0.2) is 4.98 Å². The molecule has 1 aliphatic carbocycles. The first-order chi connectivity index (χ1) is 5.93. The van der Waals surface area contributed by atoms with Crippen LogP contribution in [0.2, 0.25) is 0 Å². The summed E-state index contributed by atoms with van der Waals surface area (Å²) in [4.78, 5) is 6.84. The minimum Gasteiger partial charge on any atom is -0.347 e. The first kappa shape index (κ1) is 6.83. The molecule has 2 fully saturated rings. The predicted octanol–water partition coefficient (Wildman–Crippen LogP) is 1.63. The van der Waals surface area contributed by atoms with E-state index in [0.29, 0.717) is 5.92 Å². The number of anilines is 1. The lowest BCUT2D eigenvalue weighted by atomic mass is 10.2. The van der Waals surface area contributed by atoms with E-state index in [4.69, 9.17) is 0 Å². The molecule has 1 aliphatic heterocycles. The first-order valence-electron chi connectivity index (χ1n) is 4.52. The molecule has 0 radical (unpaired) electrons. The van der Waals surface area contributed by atoms with Crippen LogP contribution in [-0.4, -0.2) is 22.4 Å². The lowest BCUT2D eigenvalue weighted by molar-refractivity contribution is 0.615. The van der Waals surface area contributed by atoms with Crippen molar-refractivity contribution in [2.24, 2.45) is 0 Å². The zero-order chi connectivity index (χ0) is 7.97. The molecule has 4 heteroatoms. The van der Waals surface area contributed by atoms with Crippen LogP contribution in [0.1, 0.15) is 31.0 Å². The van der Waals surface area contributed by atoms with Gasteiger partial charge in [-0.3, -0.25) is 0 Å². The maximum atomic E-state index is 4.53. The molecule has 2 aliphatic rings. The van der Waals surface area contributed by atoms with Crippen LogP contribution in [-0.2, 0) is 0 Å². The second-order valence-electron chi connectivity index (χ2n) is 3.55. The monoisotopic (exact) mass is 181 g/mol. The second kappa shape index (κ2) is 2.42. The number of rotatable bonds is 2. The van der Waals surface area contributed by atoms with Gasteiger partial charge < -0.3 is 4.90 Å². The summed E-state index contributed by atoms with van der Waals surface area (Å²) >= 11 is 1.57. The van der Waals surface area contributed by atoms with Crippen molar-refractivity contribution in [3.8, 4) is 0 Å². The van der Waals surface area contributed by atoms with Gasteiger partial charge in [0.1, 0.15) is 5.82 Å². The quantitative estimate of drug-likeness (QED) is 0.694. The van der Waals surface area contributed by atoms with E-state index in [1.807, 2.05) is 0 Å². The summed E-state index contributed by atoms with van der Waals surface area (Å²) in [5.74, 6) is 1.80. The number of hydrogen-bond acceptors (Lipinski definition) is 4. The molecule has 3 rings (SSSR count). The van der Waals surface area contributed by atoms with E-state index in [0.717, 1.165) is 11.0 Å². The summed E-state index contributed by atoms with van der Waals surface area (Å²) in [6.07, 6.45) is 3.92. The van der Waals surface area contributed by atoms with Crippen molar-refractivity contribution in [2.45, 2.75) is 25.2 Å². The molecule has 3 nitrogen and oxygen atoms in total. The third-order valence-electron chi connectivity index (χ3n) is 2.50. The fourth-order valence-electron chi connectivity index (χ4n) is 1.37. The van der Waals surface area contributed by atoms with Gasteiger partial charge in [0.05, 0.1) is 0 Å². The molecule has 0 N–H and O–H groups in total. The van der Waals surface area contributed by atoms with E-state index in [1.165, 1.54) is 32.4 Å². The highest BCUT2D eigenvalue weighted by Gasteiger charge is 2.29. The SMILES string of the molecule is C1CN(c2nc(C3CC3)ns2)C1. The summed E-state index contributed by atoms with van der Waals surface area (Å²) in [7, 11) is 0. The Kier molecular flexibility index (Phi) is 1.38. The topological polar surface area (TPSA) is 29.0 Å². The van der Waals surface area contributed by atoms with Crippen LogP contribution >= 0.6 is 11.5 Å². The molecule has 1 saturated carbocycles. The van der Waals surface area contributed by atoms with Crippen molar-refractivity contribution in [1.29, 1.82) is 0 Å². The van der Waals surface area contributed by atoms with E-state index >= 15 is 0 Å². The van der Waals surface area contributed by atoms with E-state index in [1.54, 1.807) is 11.5 Å². The van der Waals surface area contributed by atoms with Crippen LogP contribution in [0, 0.1) is 0 Å². The Hall–Kier alpha value is -0.640. The zero-order valence-electron chi connectivity index (χ0n) is 6.86. The standard InChI is InChI=1S/C8H11N3S/c1-4-11(5-1)8-9-7(10-12-8)6-2-3-6/h6H,1-5H2. The van der Waals surface area contributed by atoms with E-state index in [2.05, 4.69) is 14.3 Å². The lowest BCUT2D eigenvalue weighted by Gasteiger charge is -2.29. The van der Waals surface area contributed by atoms with Gasteiger partial charge in [0.25, 0.3) is 0 Å². The molecule has 0 unspecified atom stereocenters. The molecule has 0 aromatic carbocycles. The zero-order valence-corrected chi connectivity index (χ0v) is 7.68. The Bertz CT molecular complexity index is 288. The molecular weight excluding hydrogens is 170 g/mol. The van der Waals surface area contributed by atoms with Crippen LogP contribution in [0.15, 0.2) is 0 Å². The van der Waals surface area contributed by atoms with Gasteiger partial charge in [-0.05, 0) is 19.3 Å². The Morgan fingerprint density at radius 1 is 1.33 bits per heavy atom. The predicted molar refractivity (Wildman–Crippen MR) is 48.7 cm³/mol. The average Bonchev–Trinajstić information content (AvgIpc) is 2.70. The molecule has 1 aromatic rings. The Morgan fingerprint density at radius 2 is 2.17 bits per heavy atom. The smallest absolute Gasteiger partial charge is 0.205 e. The van der Waals surface area contributed by atoms with E-state index in [-0.39, 0.29) is 0 Å². The molecule has 0 spiro atoms. The molecule has 2 heterocycles. The number of hydrogen-bond donors (Lipinski definition) is 0. The Balaban J connectivity index is 1.81. The highest BCUT2D eigenvalue weighted by molar-refractivity contribution is 7.09. The van der Waals surface area contributed by atoms with Crippen molar-refractivity contribution >= 4 is 16.7 Å². The van der Waals surface area contributed by atoms with E-state index < -0.39 is 0 Å². The summed E-state index contributed by atoms with van der Waals surface area (Å²) < 4.78 is 4.37. The fourth-order valence-corrected chi connectivity index (χ4v) is 2.17. The first-order valence-corrected chi connectivity index (χ1v) is 5.29. The minimum atomic E-state index is 0.705. The summed E-state index contributed by atoms with van der Waals surface area (Å²) in [5.41, 5.74) is 0. The van der Waals surface area contributed by atoms with Gasteiger partial charge in [-0.2, -0.15) is 4.37 Å². The van der Waals surface area contributed by atoms with Crippen LogP contribution in [0.5, 0.6) is 0 Å². The fraction of sp³-hybridized carbons (Fsp3) is 0.750. The highest BCUT2D eigenvalue weighted by atomic mass is 32.1. The van der Waals surface area contributed by atoms with Gasteiger partial charge >= 0.3 is 0 Å². The molecular formula is C8H11N3S. The van der Waals surface area contributed by atoms with Gasteiger partial charge in [0.15, 0.2) is 0 Å². The highest BCUT2D eigenvalue weighted by Crippen LogP contribution is 2.40. The maximum absolute atomic E-state index is 4.53. The molecule has 0 atom stereocenters. The van der Waals surface area contributed by atoms with Crippen molar-refractivity contribution in [1.82, 2.24) is 9.36 Å². The third-order valence-corrected chi connectivity index (χ3v) is 3.29. The normalized spacial score (nSPS) is 22.5. The largest absolute Gasteiger partial charge is 0.347 e. The van der Waals surface area contributed by atoms with Crippen LogP contribution in [0.4, 0.5) is 5.13 Å². The lowest BCUT2D eigenvalue weighted by Crippen LogP contribution is -2.36. The van der Waals surface area contributed by atoms with Crippen molar-refractivity contribution < 1.29 is 0 Å². The molecule has 64 valence electrons. The van der Waals surface area contributed by atoms with Crippen LogP contribution in [0.25, 0.3) is 0 Å². The maximum Gasteiger partial charge on any atom is 0.205 e. The Morgan fingerprint density at radius 3 is 2.75 bits per heavy atom. The second-order valence-corrected chi connectivity index (χ2v) is 4.28. The summed E-state index contributed by atoms with van der Waals surface area (Å²) in [5, 5.41) is 1.14. The summed E-state index contributed by atoms with van der Waals surface area (Å²) in [6, 6.07) is 0. The van der Waals surface area contributed by atoms with Crippen molar-refractivity contribution in [3.63, 3.8) is 0 Å².